The Bertz CT molecular complexity index is 314. The largest absolute Gasteiger partial charge is 0.481 e. The second-order valence-corrected chi connectivity index (χ2v) is 5.37. The van der Waals surface area contributed by atoms with Gasteiger partial charge in [-0.05, 0) is 32.1 Å². The topological polar surface area (TPSA) is 78.9 Å². The van der Waals surface area contributed by atoms with Gasteiger partial charge in [0.05, 0.1) is 6.10 Å². The van der Waals surface area contributed by atoms with Gasteiger partial charge in [-0.2, -0.15) is 0 Å². The maximum absolute atomic E-state index is 12.0. The van der Waals surface area contributed by atoms with Crippen molar-refractivity contribution in [3.63, 3.8) is 0 Å². The number of likely N-dealkylation sites (tertiary alicyclic amines) is 1. The number of ether oxygens (including phenoxy) is 1. The Labute approximate surface area is 120 Å². The minimum Gasteiger partial charge on any atom is -0.481 e. The van der Waals surface area contributed by atoms with Gasteiger partial charge in [0.2, 0.25) is 0 Å². The van der Waals surface area contributed by atoms with Crippen molar-refractivity contribution in [3.8, 4) is 0 Å². The highest BCUT2D eigenvalue weighted by molar-refractivity contribution is 5.74. The number of carboxylic acid groups (broad SMARTS) is 1. The van der Waals surface area contributed by atoms with E-state index in [1.165, 1.54) is 0 Å². The normalized spacial score (nSPS) is 17.8. The number of nitrogens with zero attached hydrogens (tertiary/aromatic N) is 1. The van der Waals surface area contributed by atoms with Gasteiger partial charge in [-0.3, -0.25) is 4.79 Å². The standard InChI is InChI=1S/C14H26N2O4/c1-3-20-12-6-8-16(9-7-12)14(19)15-10-11(2)4-5-13(17)18/h11-12H,3-10H2,1-2H3,(H,15,19)(H,17,18). The number of carboxylic acids is 1. The van der Waals surface area contributed by atoms with Crippen LogP contribution in [0.2, 0.25) is 0 Å². The molecule has 0 aromatic heterocycles. The molecule has 6 heteroatoms. The third kappa shape index (κ3) is 6.23. The molecule has 1 aliphatic rings. The summed E-state index contributed by atoms with van der Waals surface area (Å²) >= 11 is 0. The summed E-state index contributed by atoms with van der Waals surface area (Å²) in [6.45, 7) is 6.62. The molecule has 0 aliphatic carbocycles. The fourth-order valence-corrected chi connectivity index (χ4v) is 2.31. The Morgan fingerprint density at radius 2 is 2.05 bits per heavy atom. The molecule has 0 bridgehead atoms. The summed E-state index contributed by atoms with van der Waals surface area (Å²) in [5.41, 5.74) is 0. The number of aliphatic carboxylic acids is 1. The molecule has 1 unspecified atom stereocenters. The molecule has 2 amide bonds. The second kappa shape index (κ2) is 8.79. The van der Waals surface area contributed by atoms with Crippen molar-refractivity contribution in [2.45, 2.75) is 45.6 Å². The number of hydrogen-bond donors (Lipinski definition) is 2. The Hall–Kier alpha value is -1.30. The van der Waals surface area contributed by atoms with Crippen LogP contribution < -0.4 is 5.32 Å². The van der Waals surface area contributed by atoms with Gasteiger partial charge < -0.3 is 20.1 Å². The van der Waals surface area contributed by atoms with Crippen LogP contribution >= 0.6 is 0 Å². The van der Waals surface area contributed by atoms with Gasteiger partial charge in [0.1, 0.15) is 0 Å². The fourth-order valence-electron chi connectivity index (χ4n) is 2.31. The lowest BCUT2D eigenvalue weighted by Crippen LogP contribution is -2.46. The molecule has 0 spiro atoms. The average molecular weight is 286 g/mol. The van der Waals surface area contributed by atoms with Gasteiger partial charge in [-0.15, -0.1) is 0 Å². The SMILES string of the molecule is CCOC1CCN(C(=O)NCC(C)CCC(=O)O)CC1. The van der Waals surface area contributed by atoms with Crippen LogP contribution in [0.15, 0.2) is 0 Å². The van der Waals surface area contributed by atoms with E-state index in [0.717, 1.165) is 32.5 Å². The number of piperidine rings is 1. The molecular formula is C14H26N2O4. The van der Waals surface area contributed by atoms with Crippen LogP contribution in [-0.4, -0.2) is 54.4 Å². The van der Waals surface area contributed by atoms with Gasteiger partial charge in [0.25, 0.3) is 0 Å². The Morgan fingerprint density at radius 3 is 2.60 bits per heavy atom. The van der Waals surface area contributed by atoms with Crippen molar-refractivity contribution in [2.24, 2.45) is 5.92 Å². The first-order valence-electron chi connectivity index (χ1n) is 7.39. The Balaban J connectivity index is 2.18. The van der Waals surface area contributed by atoms with Crippen molar-refractivity contribution in [3.05, 3.63) is 0 Å². The van der Waals surface area contributed by atoms with Gasteiger partial charge in [0.15, 0.2) is 0 Å². The van der Waals surface area contributed by atoms with Crippen molar-refractivity contribution in [2.75, 3.05) is 26.2 Å². The average Bonchev–Trinajstić information content (AvgIpc) is 2.43. The van der Waals surface area contributed by atoms with Crippen molar-refractivity contribution < 1.29 is 19.4 Å². The summed E-state index contributed by atoms with van der Waals surface area (Å²) < 4.78 is 5.55. The molecule has 1 rings (SSSR count). The number of carbonyl (C=O) groups is 2. The van der Waals surface area contributed by atoms with E-state index in [2.05, 4.69) is 5.32 Å². The number of carbonyl (C=O) groups excluding carboxylic acids is 1. The van der Waals surface area contributed by atoms with Crippen LogP contribution in [-0.2, 0) is 9.53 Å². The molecule has 2 N–H and O–H groups in total. The molecule has 1 aliphatic heterocycles. The van der Waals surface area contributed by atoms with E-state index in [-0.39, 0.29) is 24.5 Å². The molecule has 1 fully saturated rings. The van der Waals surface area contributed by atoms with E-state index in [9.17, 15) is 9.59 Å². The van der Waals surface area contributed by atoms with E-state index in [4.69, 9.17) is 9.84 Å². The van der Waals surface area contributed by atoms with Gasteiger partial charge in [-0.1, -0.05) is 6.92 Å². The number of amides is 2. The molecule has 0 radical (unpaired) electrons. The van der Waals surface area contributed by atoms with E-state index >= 15 is 0 Å². The highest BCUT2D eigenvalue weighted by Crippen LogP contribution is 2.13. The quantitative estimate of drug-likeness (QED) is 0.746. The molecule has 1 saturated heterocycles. The third-order valence-corrected chi connectivity index (χ3v) is 3.58. The highest BCUT2D eigenvalue weighted by Gasteiger charge is 2.22. The molecule has 6 nitrogen and oxygen atoms in total. The lowest BCUT2D eigenvalue weighted by Gasteiger charge is -2.32. The predicted molar refractivity (Wildman–Crippen MR) is 75.7 cm³/mol. The first kappa shape index (κ1) is 16.8. The molecule has 116 valence electrons. The molecule has 0 aromatic rings. The fraction of sp³-hybridized carbons (Fsp3) is 0.857. The first-order valence-corrected chi connectivity index (χ1v) is 7.39. The smallest absolute Gasteiger partial charge is 0.317 e. The molecule has 0 saturated carbocycles. The van der Waals surface area contributed by atoms with Gasteiger partial charge in [0, 0.05) is 32.7 Å². The van der Waals surface area contributed by atoms with Crippen molar-refractivity contribution in [1.29, 1.82) is 0 Å². The zero-order chi connectivity index (χ0) is 15.0. The molecule has 1 heterocycles. The maximum Gasteiger partial charge on any atom is 0.317 e. The lowest BCUT2D eigenvalue weighted by molar-refractivity contribution is -0.137. The third-order valence-electron chi connectivity index (χ3n) is 3.58. The summed E-state index contributed by atoms with van der Waals surface area (Å²) in [6.07, 6.45) is 2.78. The first-order chi connectivity index (χ1) is 9.52. The van der Waals surface area contributed by atoms with Crippen LogP contribution in [0.25, 0.3) is 0 Å². The number of hydrogen-bond acceptors (Lipinski definition) is 3. The summed E-state index contributed by atoms with van der Waals surface area (Å²) in [5.74, 6) is -0.614. The van der Waals surface area contributed by atoms with E-state index in [0.29, 0.717) is 13.0 Å². The minimum atomic E-state index is -0.791. The molecular weight excluding hydrogens is 260 g/mol. The predicted octanol–water partition coefficient (Wildman–Crippen LogP) is 1.70. The summed E-state index contributed by atoms with van der Waals surface area (Å²) in [6, 6.07) is -0.0536. The monoisotopic (exact) mass is 286 g/mol. The zero-order valence-electron chi connectivity index (χ0n) is 12.4. The second-order valence-electron chi connectivity index (χ2n) is 5.37. The lowest BCUT2D eigenvalue weighted by atomic mass is 10.1. The van der Waals surface area contributed by atoms with Crippen LogP contribution in [0, 0.1) is 5.92 Å². The number of rotatable bonds is 7. The molecule has 20 heavy (non-hydrogen) atoms. The highest BCUT2D eigenvalue weighted by atomic mass is 16.5. The molecule has 0 aromatic carbocycles. The molecule has 1 atom stereocenters. The van der Waals surface area contributed by atoms with E-state index < -0.39 is 5.97 Å². The van der Waals surface area contributed by atoms with Gasteiger partial charge >= 0.3 is 12.0 Å². The number of nitrogens with one attached hydrogen (secondary N) is 1. The number of urea groups is 1. The maximum atomic E-state index is 12.0. The van der Waals surface area contributed by atoms with Crippen LogP contribution in [0.1, 0.15) is 39.5 Å². The zero-order valence-corrected chi connectivity index (χ0v) is 12.4. The van der Waals surface area contributed by atoms with Crippen LogP contribution in [0.4, 0.5) is 4.79 Å². The van der Waals surface area contributed by atoms with Gasteiger partial charge in [-0.25, -0.2) is 4.79 Å². The Kier molecular flexibility index (Phi) is 7.36. The minimum absolute atomic E-state index is 0.0536. The van der Waals surface area contributed by atoms with E-state index in [1.807, 2.05) is 13.8 Å². The van der Waals surface area contributed by atoms with Crippen molar-refractivity contribution >= 4 is 12.0 Å². The van der Waals surface area contributed by atoms with Crippen molar-refractivity contribution in [1.82, 2.24) is 10.2 Å². The summed E-state index contributed by atoms with van der Waals surface area (Å²) in [7, 11) is 0. The van der Waals surface area contributed by atoms with E-state index in [1.54, 1.807) is 4.90 Å². The Morgan fingerprint density at radius 1 is 1.40 bits per heavy atom. The summed E-state index contributed by atoms with van der Waals surface area (Å²) in [4.78, 5) is 24.2. The van der Waals surface area contributed by atoms with Crippen LogP contribution in [0.5, 0.6) is 0 Å². The van der Waals surface area contributed by atoms with Crippen LogP contribution in [0.3, 0.4) is 0 Å². The summed E-state index contributed by atoms with van der Waals surface area (Å²) in [5, 5.41) is 11.5.